The van der Waals surface area contributed by atoms with Crippen LogP contribution in [0.2, 0.25) is 0 Å². The number of aromatic hydroxyl groups is 1. The van der Waals surface area contributed by atoms with E-state index in [1.165, 1.54) is 16.0 Å². The van der Waals surface area contributed by atoms with Gasteiger partial charge in [0, 0.05) is 24.1 Å². The highest BCUT2D eigenvalue weighted by atomic mass is 32.9. The maximum atomic E-state index is 10.1. The lowest BCUT2D eigenvalue weighted by Crippen LogP contribution is -2.10. The molecule has 24 heavy (non-hydrogen) atoms. The zero-order valence-corrected chi connectivity index (χ0v) is 16.1. The molecule has 2 nitrogen and oxygen atoms in total. The van der Waals surface area contributed by atoms with Crippen LogP contribution in [0.4, 0.5) is 0 Å². The van der Waals surface area contributed by atoms with Gasteiger partial charge in [0.05, 0.1) is 4.88 Å². The van der Waals surface area contributed by atoms with Crippen molar-refractivity contribution in [2.45, 2.75) is 13.0 Å². The summed E-state index contributed by atoms with van der Waals surface area (Å²) in [5.41, 5.74) is 4.55. The number of hydrogen-bond acceptors (Lipinski definition) is 5. The summed E-state index contributed by atoms with van der Waals surface area (Å²) in [4.78, 5) is 3.27. The maximum absolute atomic E-state index is 10.1. The second kappa shape index (κ2) is 7.57. The molecule has 1 N–H and O–H groups in total. The topological polar surface area (TPSA) is 23.5 Å². The van der Waals surface area contributed by atoms with Gasteiger partial charge >= 0.3 is 0 Å². The second-order valence-electron chi connectivity index (χ2n) is 6.01. The van der Waals surface area contributed by atoms with E-state index in [0.29, 0.717) is 12.3 Å². The van der Waals surface area contributed by atoms with Crippen molar-refractivity contribution in [2.75, 3.05) is 14.1 Å². The van der Waals surface area contributed by atoms with Crippen LogP contribution in [0.25, 0.3) is 10.4 Å². The Morgan fingerprint density at radius 2 is 1.79 bits per heavy atom. The molecule has 5 heteroatoms. The molecule has 3 aromatic rings. The molecule has 0 atom stereocenters. The summed E-state index contributed by atoms with van der Waals surface area (Å²) in [5.74, 6) is 0.343. The fourth-order valence-electron chi connectivity index (χ4n) is 2.64. The first-order valence-electron chi connectivity index (χ1n) is 7.67. The summed E-state index contributed by atoms with van der Waals surface area (Å²) in [6.07, 6.45) is 0.846. The summed E-state index contributed by atoms with van der Waals surface area (Å²) >= 11 is 5.57. The summed E-state index contributed by atoms with van der Waals surface area (Å²) in [6, 6.07) is 16.3. The Bertz CT molecular complexity index is 881. The summed E-state index contributed by atoms with van der Waals surface area (Å²) in [5, 5.41) is 10.1. The predicted molar refractivity (Wildman–Crippen MR) is 107 cm³/mol. The van der Waals surface area contributed by atoms with Crippen LogP contribution in [0.5, 0.6) is 5.75 Å². The van der Waals surface area contributed by atoms with E-state index in [2.05, 4.69) is 35.2 Å². The molecule has 0 aliphatic heterocycles. The van der Waals surface area contributed by atoms with E-state index in [0.717, 1.165) is 21.4 Å². The largest absolute Gasteiger partial charge is 0.508 e. The molecule has 0 radical (unpaired) electrons. The number of phenolic OH excluding ortho intramolecular Hbond substituents is 1. The molecule has 0 aliphatic rings. The molecule has 3 rings (SSSR count). The van der Waals surface area contributed by atoms with Gasteiger partial charge in [0.15, 0.2) is 0 Å². The van der Waals surface area contributed by atoms with E-state index in [-0.39, 0.29) is 0 Å². The van der Waals surface area contributed by atoms with Crippen LogP contribution in [0, 0.1) is 3.82 Å². The Balaban J connectivity index is 2.00. The van der Waals surface area contributed by atoms with Gasteiger partial charge in [0.2, 0.25) is 0 Å². The second-order valence-corrected chi connectivity index (χ2v) is 8.82. The number of phenols is 1. The van der Waals surface area contributed by atoms with Gasteiger partial charge in [-0.05, 0) is 43.4 Å². The van der Waals surface area contributed by atoms with E-state index in [9.17, 15) is 5.11 Å². The van der Waals surface area contributed by atoms with E-state index >= 15 is 0 Å². The van der Waals surface area contributed by atoms with E-state index in [1.807, 2.05) is 26.2 Å². The van der Waals surface area contributed by atoms with Crippen LogP contribution < -0.4 is 0 Å². The summed E-state index contributed by atoms with van der Waals surface area (Å²) in [6.45, 7) is 0.712. The molecule has 1 heterocycles. The SMILES string of the molecule is CN(C)Cc1cc(-c2ssc(=S)c2Cc2ccccc2)ccc1O. The minimum absolute atomic E-state index is 0.343. The zero-order valence-electron chi connectivity index (χ0n) is 13.7. The van der Waals surface area contributed by atoms with Crippen molar-refractivity contribution < 1.29 is 5.11 Å². The number of benzene rings is 2. The Kier molecular flexibility index (Phi) is 5.46. The molecule has 124 valence electrons. The van der Waals surface area contributed by atoms with Crippen LogP contribution in [0.3, 0.4) is 0 Å². The van der Waals surface area contributed by atoms with Crippen molar-refractivity contribution in [3.05, 3.63) is 69.0 Å². The van der Waals surface area contributed by atoms with Crippen LogP contribution in [-0.2, 0) is 13.0 Å². The predicted octanol–water partition coefficient (Wildman–Crippen LogP) is 5.56. The average Bonchev–Trinajstić information content (AvgIpc) is 2.91. The van der Waals surface area contributed by atoms with E-state index in [4.69, 9.17) is 12.2 Å². The van der Waals surface area contributed by atoms with Gasteiger partial charge < -0.3 is 10.0 Å². The van der Waals surface area contributed by atoms with Crippen LogP contribution in [0.1, 0.15) is 16.7 Å². The Morgan fingerprint density at radius 3 is 2.50 bits per heavy atom. The minimum atomic E-state index is 0.343. The molecule has 0 spiro atoms. The zero-order chi connectivity index (χ0) is 17.1. The highest BCUT2D eigenvalue weighted by molar-refractivity contribution is 7.80. The smallest absolute Gasteiger partial charge is 0.120 e. The van der Waals surface area contributed by atoms with E-state index < -0.39 is 0 Å². The third kappa shape index (κ3) is 3.92. The molecule has 0 unspecified atom stereocenters. The van der Waals surface area contributed by atoms with Crippen molar-refractivity contribution in [3.63, 3.8) is 0 Å². The lowest BCUT2D eigenvalue weighted by molar-refractivity contribution is 0.386. The molecule has 0 bridgehead atoms. The fourth-order valence-corrected chi connectivity index (χ4v) is 5.55. The Morgan fingerprint density at radius 1 is 1.04 bits per heavy atom. The Labute approximate surface area is 155 Å². The first kappa shape index (κ1) is 17.3. The van der Waals surface area contributed by atoms with Gasteiger partial charge in [0.25, 0.3) is 0 Å². The molecule has 0 amide bonds. The summed E-state index contributed by atoms with van der Waals surface area (Å²) in [7, 11) is 7.38. The molecule has 0 aliphatic carbocycles. The molecule has 1 aromatic heterocycles. The fraction of sp³-hybridized carbons (Fsp3) is 0.211. The molecule has 0 saturated heterocycles. The molecular weight excluding hydrogens is 354 g/mol. The first-order chi connectivity index (χ1) is 11.5. The molecule has 0 fully saturated rings. The number of rotatable bonds is 5. The standard InChI is InChI=1S/C19H19NOS3/c1-20(2)12-15-11-14(8-9-17(15)21)18-16(19(22)24-23-18)10-13-6-4-3-5-7-13/h3-9,11,21H,10,12H2,1-2H3. The number of hydrogen-bond donors (Lipinski definition) is 1. The van der Waals surface area contributed by atoms with Crippen molar-refractivity contribution in [2.24, 2.45) is 0 Å². The quantitative estimate of drug-likeness (QED) is 0.467. The van der Waals surface area contributed by atoms with Crippen molar-refractivity contribution in [3.8, 4) is 16.2 Å². The highest BCUT2D eigenvalue weighted by Gasteiger charge is 2.13. The van der Waals surface area contributed by atoms with Crippen LogP contribution in [0.15, 0.2) is 48.5 Å². The third-order valence-corrected chi connectivity index (χ3v) is 6.97. The van der Waals surface area contributed by atoms with Crippen LogP contribution >= 0.6 is 32.9 Å². The normalized spacial score (nSPS) is 11.1. The lowest BCUT2D eigenvalue weighted by atomic mass is 10.0. The monoisotopic (exact) mass is 373 g/mol. The lowest BCUT2D eigenvalue weighted by Gasteiger charge is -2.13. The summed E-state index contributed by atoms with van der Waals surface area (Å²) < 4.78 is 0.959. The van der Waals surface area contributed by atoms with Crippen molar-refractivity contribution in [1.82, 2.24) is 4.90 Å². The third-order valence-electron chi connectivity index (χ3n) is 3.77. The van der Waals surface area contributed by atoms with Gasteiger partial charge in [-0.1, -0.05) is 63.2 Å². The number of nitrogens with zero attached hydrogens (tertiary/aromatic N) is 1. The van der Waals surface area contributed by atoms with Crippen molar-refractivity contribution >= 4 is 32.9 Å². The Hall–Kier alpha value is -1.53. The van der Waals surface area contributed by atoms with Gasteiger partial charge in [0.1, 0.15) is 9.57 Å². The first-order valence-corrected chi connectivity index (χ1v) is 10.2. The van der Waals surface area contributed by atoms with E-state index in [1.54, 1.807) is 26.7 Å². The maximum Gasteiger partial charge on any atom is 0.120 e. The van der Waals surface area contributed by atoms with Crippen LogP contribution in [-0.4, -0.2) is 24.1 Å². The minimum Gasteiger partial charge on any atom is -0.508 e. The van der Waals surface area contributed by atoms with Gasteiger partial charge in [-0.25, -0.2) is 0 Å². The van der Waals surface area contributed by atoms with Gasteiger partial charge in [-0.2, -0.15) is 0 Å². The van der Waals surface area contributed by atoms with Gasteiger partial charge in [-0.3, -0.25) is 0 Å². The molecule has 0 saturated carbocycles. The van der Waals surface area contributed by atoms with Crippen molar-refractivity contribution in [1.29, 1.82) is 0 Å². The molecule has 2 aromatic carbocycles. The highest BCUT2D eigenvalue weighted by Crippen LogP contribution is 2.37. The molecular formula is C19H19NOS3. The van der Waals surface area contributed by atoms with Gasteiger partial charge in [-0.15, -0.1) is 0 Å². The average molecular weight is 374 g/mol.